The Bertz CT molecular complexity index is 1590. The maximum atomic E-state index is 6.05. The van der Waals surface area contributed by atoms with Crippen LogP contribution in [0.15, 0.2) is 49.6 Å². The summed E-state index contributed by atoms with van der Waals surface area (Å²) in [5, 5.41) is 10.9. The number of hydrogen-bond acceptors (Lipinski definition) is 6. The first-order valence-electron chi connectivity index (χ1n) is 9.84. The van der Waals surface area contributed by atoms with Crippen LogP contribution in [0.25, 0.3) is 44.6 Å². The molecule has 6 aromatic rings. The maximum absolute atomic E-state index is 6.05. The molecule has 0 aromatic carbocycles. The van der Waals surface area contributed by atoms with Crippen LogP contribution in [0, 0.1) is 0 Å². The molecule has 0 aliphatic carbocycles. The third kappa shape index (κ3) is 3.94. The van der Waals surface area contributed by atoms with Gasteiger partial charge in [0.15, 0.2) is 0 Å². The summed E-state index contributed by atoms with van der Waals surface area (Å²) < 4.78 is 5.49. The van der Waals surface area contributed by atoms with Crippen molar-refractivity contribution in [2.45, 2.75) is 0 Å². The first kappa shape index (κ1) is 21.1. The summed E-state index contributed by atoms with van der Waals surface area (Å²) >= 11 is 12.0. The molecule has 6 heterocycles. The fourth-order valence-electron chi connectivity index (χ4n) is 3.56. The van der Waals surface area contributed by atoms with Crippen molar-refractivity contribution in [3.05, 3.63) is 59.9 Å². The Kier molecular flexibility index (Phi) is 5.31. The van der Waals surface area contributed by atoms with Gasteiger partial charge in [0.1, 0.15) is 34.3 Å². The molecule has 0 amide bonds. The fourth-order valence-corrected chi connectivity index (χ4v) is 3.93. The van der Waals surface area contributed by atoms with E-state index in [4.69, 9.17) is 23.2 Å². The highest BCUT2D eigenvalue weighted by Crippen LogP contribution is 2.29. The minimum Gasteiger partial charge on any atom is -0.339 e. The standard InChI is InChI=1S/C11H10ClN5.C10H8ClN5/c1-16-5-7(4-15-16)9-3-8-10(12)13-6-14-11(8)17(9)2;1-16-4-6(3-14-16)8-2-7-9(11)12-5-13-10(7)15-8/h3-6H,1-2H3;2-5H,1H3,(H,12,13,15). The SMILES string of the molecule is Cn1cc(-c2cc3c(Cl)ncnc3[nH]2)cn1.Cn1cc(-c2cc3c(Cl)ncnc3n2C)cn1. The summed E-state index contributed by atoms with van der Waals surface area (Å²) in [6, 6.07) is 3.91. The summed E-state index contributed by atoms with van der Waals surface area (Å²) in [5.74, 6) is 0. The van der Waals surface area contributed by atoms with Gasteiger partial charge >= 0.3 is 0 Å². The molecule has 0 radical (unpaired) electrons. The smallest absolute Gasteiger partial charge is 0.145 e. The molecule has 0 unspecified atom stereocenters. The van der Waals surface area contributed by atoms with Crippen LogP contribution in [0.1, 0.15) is 0 Å². The number of halogens is 2. The van der Waals surface area contributed by atoms with Crippen LogP contribution in [0.2, 0.25) is 10.3 Å². The number of rotatable bonds is 2. The molecule has 166 valence electrons. The van der Waals surface area contributed by atoms with Gasteiger partial charge in [0.25, 0.3) is 0 Å². The van der Waals surface area contributed by atoms with Gasteiger partial charge in [-0.1, -0.05) is 23.2 Å². The lowest BCUT2D eigenvalue weighted by Gasteiger charge is -1.99. The van der Waals surface area contributed by atoms with Gasteiger partial charge in [-0.25, -0.2) is 19.9 Å². The van der Waals surface area contributed by atoms with E-state index in [1.807, 2.05) is 56.4 Å². The quantitative estimate of drug-likeness (QED) is 0.374. The summed E-state index contributed by atoms with van der Waals surface area (Å²) in [5.41, 5.74) is 5.55. The molecule has 10 nitrogen and oxygen atoms in total. The molecule has 12 heteroatoms. The van der Waals surface area contributed by atoms with Crippen LogP contribution in [0.3, 0.4) is 0 Å². The Hall–Kier alpha value is -3.76. The molecule has 0 fully saturated rings. The van der Waals surface area contributed by atoms with E-state index in [2.05, 4.69) is 35.1 Å². The third-order valence-electron chi connectivity index (χ3n) is 5.17. The van der Waals surface area contributed by atoms with Crippen LogP contribution in [0.5, 0.6) is 0 Å². The van der Waals surface area contributed by atoms with Crippen molar-refractivity contribution < 1.29 is 0 Å². The predicted molar refractivity (Wildman–Crippen MR) is 127 cm³/mol. The lowest BCUT2D eigenvalue weighted by molar-refractivity contribution is 0.768. The van der Waals surface area contributed by atoms with Crippen LogP contribution >= 0.6 is 23.2 Å². The van der Waals surface area contributed by atoms with Crippen LogP contribution < -0.4 is 0 Å². The second-order valence-electron chi connectivity index (χ2n) is 7.41. The molecule has 0 saturated carbocycles. The molecular formula is C21H18Cl2N10. The topological polar surface area (TPSA) is 108 Å². The summed E-state index contributed by atoms with van der Waals surface area (Å²) in [6.45, 7) is 0. The monoisotopic (exact) mass is 480 g/mol. The first-order valence-corrected chi connectivity index (χ1v) is 10.6. The van der Waals surface area contributed by atoms with Crippen molar-refractivity contribution >= 4 is 45.3 Å². The molecule has 6 rings (SSSR count). The van der Waals surface area contributed by atoms with Gasteiger partial charge in [-0.3, -0.25) is 9.36 Å². The Morgan fingerprint density at radius 1 is 0.758 bits per heavy atom. The maximum Gasteiger partial charge on any atom is 0.145 e. The number of aryl methyl sites for hydroxylation is 3. The predicted octanol–water partition coefficient (Wildman–Crippen LogP) is 4.03. The van der Waals surface area contributed by atoms with Gasteiger partial charge in [0.2, 0.25) is 0 Å². The average molecular weight is 481 g/mol. The Morgan fingerprint density at radius 3 is 2.00 bits per heavy atom. The second-order valence-corrected chi connectivity index (χ2v) is 8.12. The molecule has 0 saturated heterocycles. The Labute approximate surface area is 197 Å². The molecule has 0 atom stereocenters. The van der Waals surface area contributed by atoms with Gasteiger partial charge in [-0.05, 0) is 12.1 Å². The van der Waals surface area contributed by atoms with Crippen molar-refractivity contribution in [2.24, 2.45) is 21.1 Å². The molecule has 33 heavy (non-hydrogen) atoms. The van der Waals surface area contributed by atoms with E-state index in [0.717, 1.165) is 44.6 Å². The van der Waals surface area contributed by atoms with Gasteiger partial charge < -0.3 is 9.55 Å². The van der Waals surface area contributed by atoms with E-state index in [-0.39, 0.29) is 0 Å². The summed E-state index contributed by atoms with van der Waals surface area (Å²) in [7, 11) is 5.71. The van der Waals surface area contributed by atoms with Crippen molar-refractivity contribution in [2.75, 3.05) is 0 Å². The van der Waals surface area contributed by atoms with E-state index in [9.17, 15) is 0 Å². The first-order chi connectivity index (χ1) is 15.9. The average Bonchev–Trinajstić information content (AvgIpc) is 3.56. The zero-order valence-electron chi connectivity index (χ0n) is 17.9. The number of hydrogen-bond donors (Lipinski definition) is 1. The van der Waals surface area contributed by atoms with Crippen molar-refractivity contribution in [3.63, 3.8) is 0 Å². The molecule has 6 aromatic heterocycles. The summed E-state index contributed by atoms with van der Waals surface area (Å²) in [6.07, 6.45) is 10.4. The van der Waals surface area contributed by atoms with Crippen molar-refractivity contribution in [3.8, 4) is 22.5 Å². The zero-order chi connectivity index (χ0) is 23.1. The highest BCUT2D eigenvalue weighted by molar-refractivity contribution is 6.34. The van der Waals surface area contributed by atoms with E-state index in [0.29, 0.717) is 10.3 Å². The number of aromatic nitrogens is 10. The van der Waals surface area contributed by atoms with E-state index >= 15 is 0 Å². The highest BCUT2D eigenvalue weighted by Gasteiger charge is 2.13. The van der Waals surface area contributed by atoms with Crippen LogP contribution in [0.4, 0.5) is 0 Å². The number of fused-ring (bicyclic) bond motifs is 2. The normalized spacial score (nSPS) is 11.2. The number of nitrogens with zero attached hydrogens (tertiary/aromatic N) is 9. The lowest BCUT2D eigenvalue weighted by atomic mass is 10.2. The Balaban J connectivity index is 0.000000139. The minimum absolute atomic E-state index is 0.455. The van der Waals surface area contributed by atoms with Gasteiger partial charge in [-0.2, -0.15) is 10.2 Å². The Morgan fingerprint density at radius 2 is 1.39 bits per heavy atom. The zero-order valence-corrected chi connectivity index (χ0v) is 19.4. The van der Waals surface area contributed by atoms with Gasteiger partial charge in [0, 0.05) is 44.7 Å². The molecule has 0 aliphatic heterocycles. The molecule has 1 N–H and O–H groups in total. The molecule has 0 bridgehead atoms. The van der Waals surface area contributed by atoms with Crippen LogP contribution in [-0.4, -0.2) is 49.0 Å². The van der Waals surface area contributed by atoms with E-state index in [1.54, 1.807) is 15.6 Å². The van der Waals surface area contributed by atoms with Gasteiger partial charge in [0.05, 0.1) is 34.6 Å². The number of aromatic amines is 1. The molecular weight excluding hydrogens is 463 g/mol. The van der Waals surface area contributed by atoms with Crippen LogP contribution in [-0.2, 0) is 21.1 Å². The third-order valence-corrected chi connectivity index (χ3v) is 5.77. The van der Waals surface area contributed by atoms with E-state index < -0.39 is 0 Å². The highest BCUT2D eigenvalue weighted by atomic mass is 35.5. The largest absolute Gasteiger partial charge is 0.339 e. The number of nitrogens with one attached hydrogen (secondary N) is 1. The number of H-pyrrole nitrogens is 1. The van der Waals surface area contributed by atoms with Gasteiger partial charge in [-0.15, -0.1) is 0 Å². The van der Waals surface area contributed by atoms with E-state index in [1.165, 1.54) is 12.7 Å². The second kappa shape index (κ2) is 8.30. The molecule has 0 aliphatic rings. The summed E-state index contributed by atoms with van der Waals surface area (Å²) in [4.78, 5) is 19.4. The molecule has 0 spiro atoms. The lowest BCUT2D eigenvalue weighted by Crippen LogP contribution is -1.92. The van der Waals surface area contributed by atoms with Crippen molar-refractivity contribution in [1.29, 1.82) is 0 Å². The fraction of sp³-hybridized carbons (Fsp3) is 0.143. The minimum atomic E-state index is 0.455. The van der Waals surface area contributed by atoms with Crippen molar-refractivity contribution in [1.82, 2.24) is 49.0 Å².